The fourth-order valence-electron chi connectivity index (χ4n) is 2.80. The van der Waals surface area contributed by atoms with Crippen LogP contribution in [0.5, 0.6) is 0 Å². The van der Waals surface area contributed by atoms with Gasteiger partial charge in [-0.15, -0.1) is 15.0 Å². The van der Waals surface area contributed by atoms with E-state index in [1.54, 1.807) is 6.07 Å². The van der Waals surface area contributed by atoms with Gasteiger partial charge in [-0.25, -0.2) is 9.59 Å². The Morgan fingerprint density at radius 3 is 2.31 bits per heavy atom. The van der Waals surface area contributed by atoms with Gasteiger partial charge in [0.25, 0.3) is 0 Å². The lowest BCUT2D eigenvalue weighted by molar-refractivity contribution is -0.137. The van der Waals surface area contributed by atoms with E-state index in [1.165, 1.54) is 4.80 Å². The summed E-state index contributed by atoms with van der Waals surface area (Å²) in [5.41, 5.74) is 3.50. The van der Waals surface area contributed by atoms with Crippen LogP contribution in [-0.4, -0.2) is 40.1 Å². The van der Waals surface area contributed by atoms with E-state index in [0.717, 1.165) is 29.1 Å². The number of aryl methyl sites for hydroxylation is 1. The van der Waals surface area contributed by atoms with Crippen molar-refractivity contribution in [2.24, 2.45) is 0 Å². The smallest absolute Gasteiger partial charge is 0.340 e. The summed E-state index contributed by atoms with van der Waals surface area (Å²) in [6, 6.07) is 13.0. The molecular weight excluding hydrogens is 370 g/mol. The number of carbonyl (C=O) groups excluding carboxylic acids is 2. The highest BCUT2D eigenvalue weighted by molar-refractivity contribution is 5.93. The van der Waals surface area contributed by atoms with Crippen LogP contribution in [0.4, 0.5) is 0 Å². The quantitative estimate of drug-likeness (QED) is 0.312. The molecule has 2 aromatic carbocycles. The summed E-state index contributed by atoms with van der Waals surface area (Å²) >= 11 is 0. The van der Waals surface area contributed by atoms with Crippen LogP contribution in [0, 0.1) is 6.92 Å². The van der Waals surface area contributed by atoms with Crippen LogP contribution in [-0.2, 0) is 14.3 Å². The minimum Gasteiger partial charge on any atom is -0.463 e. The maximum absolute atomic E-state index is 12.6. The molecule has 0 aliphatic rings. The Morgan fingerprint density at radius 2 is 1.66 bits per heavy atom. The van der Waals surface area contributed by atoms with Gasteiger partial charge < -0.3 is 9.47 Å². The number of benzene rings is 2. The number of aromatic nitrogens is 3. The average Bonchev–Trinajstić information content (AvgIpc) is 3.16. The van der Waals surface area contributed by atoms with Gasteiger partial charge in [-0.05, 0) is 56.0 Å². The van der Waals surface area contributed by atoms with E-state index in [9.17, 15) is 9.59 Å². The zero-order valence-corrected chi connectivity index (χ0v) is 16.3. The molecule has 150 valence electrons. The molecule has 7 heteroatoms. The maximum Gasteiger partial charge on any atom is 0.340 e. The van der Waals surface area contributed by atoms with Gasteiger partial charge in [-0.2, -0.15) is 0 Å². The van der Waals surface area contributed by atoms with Gasteiger partial charge in [0.05, 0.1) is 18.8 Å². The molecule has 0 fully saturated rings. The van der Waals surface area contributed by atoms with E-state index >= 15 is 0 Å². The molecule has 0 saturated heterocycles. The molecule has 0 radical (unpaired) electrons. The molecule has 0 bridgehead atoms. The van der Waals surface area contributed by atoms with Crippen LogP contribution in [0.25, 0.3) is 16.7 Å². The Kier molecular flexibility index (Phi) is 6.73. The van der Waals surface area contributed by atoms with E-state index < -0.39 is 11.9 Å². The molecule has 0 saturated carbocycles. The SMILES string of the molecule is C=CC(=O)OCCCCCOC(=O)c1ccc(C)cc1-n1nc2ccccc2n1. The van der Waals surface area contributed by atoms with Gasteiger partial charge in [-0.1, -0.05) is 24.8 Å². The highest BCUT2D eigenvalue weighted by Gasteiger charge is 2.16. The first-order chi connectivity index (χ1) is 14.1. The molecule has 0 spiro atoms. The third kappa shape index (κ3) is 5.28. The molecule has 0 unspecified atom stereocenters. The zero-order chi connectivity index (χ0) is 20.6. The number of hydrogen-bond donors (Lipinski definition) is 0. The number of rotatable bonds is 9. The third-order valence-electron chi connectivity index (χ3n) is 4.31. The lowest BCUT2D eigenvalue weighted by Crippen LogP contribution is -2.12. The third-order valence-corrected chi connectivity index (χ3v) is 4.31. The molecule has 1 heterocycles. The molecule has 29 heavy (non-hydrogen) atoms. The molecule has 0 amide bonds. The van der Waals surface area contributed by atoms with Crippen molar-refractivity contribution >= 4 is 23.0 Å². The normalized spacial score (nSPS) is 10.7. The maximum atomic E-state index is 12.6. The van der Waals surface area contributed by atoms with Crippen molar-refractivity contribution in [2.45, 2.75) is 26.2 Å². The summed E-state index contributed by atoms with van der Waals surface area (Å²) in [7, 11) is 0. The van der Waals surface area contributed by atoms with Crippen molar-refractivity contribution in [1.29, 1.82) is 0 Å². The number of ether oxygens (including phenoxy) is 2. The van der Waals surface area contributed by atoms with Crippen molar-refractivity contribution in [3.05, 3.63) is 66.2 Å². The van der Waals surface area contributed by atoms with Crippen LogP contribution < -0.4 is 0 Å². The van der Waals surface area contributed by atoms with Gasteiger partial charge in [-0.3, -0.25) is 0 Å². The molecule has 0 aliphatic carbocycles. The highest BCUT2D eigenvalue weighted by atomic mass is 16.5. The number of unbranched alkanes of at least 4 members (excludes halogenated alkanes) is 2. The summed E-state index contributed by atoms with van der Waals surface area (Å²) < 4.78 is 10.3. The second-order valence-corrected chi connectivity index (χ2v) is 6.57. The van der Waals surface area contributed by atoms with Crippen molar-refractivity contribution in [3.8, 4) is 5.69 Å². The molecule has 0 aliphatic heterocycles. The predicted octanol–water partition coefficient (Wildman–Crippen LogP) is 3.79. The van der Waals surface area contributed by atoms with Crippen LogP contribution >= 0.6 is 0 Å². The topological polar surface area (TPSA) is 83.3 Å². The van der Waals surface area contributed by atoms with E-state index in [0.29, 0.717) is 30.7 Å². The first kappa shape index (κ1) is 20.3. The Bertz CT molecular complexity index is 993. The van der Waals surface area contributed by atoms with Crippen LogP contribution in [0.3, 0.4) is 0 Å². The Balaban J connectivity index is 1.61. The Labute approximate surface area is 168 Å². The minimum atomic E-state index is -0.428. The van der Waals surface area contributed by atoms with E-state index in [4.69, 9.17) is 9.47 Å². The average molecular weight is 393 g/mol. The van der Waals surface area contributed by atoms with E-state index in [2.05, 4.69) is 16.8 Å². The summed E-state index contributed by atoms with van der Waals surface area (Å²) in [5, 5.41) is 8.94. The van der Waals surface area contributed by atoms with Crippen molar-refractivity contribution < 1.29 is 19.1 Å². The largest absolute Gasteiger partial charge is 0.463 e. The zero-order valence-electron chi connectivity index (χ0n) is 16.3. The summed E-state index contributed by atoms with van der Waals surface area (Å²) in [6.45, 7) is 5.91. The van der Waals surface area contributed by atoms with Crippen molar-refractivity contribution in [3.63, 3.8) is 0 Å². The molecule has 7 nitrogen and oxygen atoms in total. The Morgan fingerprint density at radius 1 is 1.00 bits per heavy atom. The summed E-state index contributed by atoms with van der Waals surface area (Å²) in [5.74, 6) is -0.845. The van der Waals surface area contributed by atoms with Crippen LogP contribution in [0.2, 0.25) is 0 Å². The number of carbonyl (C=O) groups is 2. The summed E-state index contributed by atoms with van der Waals surface area (Å²) in [4.78, 5) is 25.0. The van der Waals surface area contributed by atoms with Crippen LogP contribution in [0.1, 0.15) is 35.2 Å². The van der Waals surface area contributed by atoms with E-state index in [-0.39, 0.29) is 6.61 Å². The molecule has 1 aromatic heterocycles. The highest BCUT2D eigenvalue weighted by Crippen LogP contribution is 2.19. The number of hydrogen-bond acceptors (Lipinski definition) is 6. The van der Waals surface area contributed by atoms with Gasteiger partial charge in [0.1, 0.15) is 16.7 Å². The van der Waals surface area contributed by atoms with Crippen molar-refractivity contribution in [2.75, 3.05) is 13.2 Å². The second kappa shape index (κ2) is 9.64. The van der Waals surface area contributed by atoms with Crippen LogP contribution in [0.15, 0.2) is 55.1 Å². The van der Waals surface area contributed by atoms with Gasteiger partial charge in [0.2, 0.25) is 0 Å². The number of esters is 2. The predicted molar refractivity (Wildman–Crippen MR) is 109 cm³/mol. The van der Waals surface area contributed by atoms with Gasteiger partial charge in [0.15, 0.2) is 0 Å². The fraction of sp³-hybridized carbons (Fsp3) is 0.273. The second-order valence-electron chi connectivity index (χ2n) is 6.57. The number of fused-ring (bicyclic) bond motifs is 1. The lowest BCUT2D eigenvalue weighted by atomic mass is 10.1. The Hall–Kier alpha value is -3.48. The lowest BCUT2D eigenvalue weighted by Gasteiger charge is -2.10. The molecule has 0 N–H and O–H groups in total. The molecular formula is C22H23N3O4. The first-order valence-corrected chi connectivity index (χ1v) is 9.48. The van der Waals surface area contributed by atoms with E-state index in [1.807, 2.05) is 43.3 Å². The monoisotopic (exact) mass is 393 g/mol. The molecule has 3 aromatic rings. The number of nitrogens with zero attached hydrogens (tertiary/aromatic N) is 3. The molecule has 3 rings (SSSR count). The van der Waals surface area contributed by atoms with Gasteiger partial charge in [0, 0.05) is 6.08 Å². The first-order valence-electron chi connectivity index (χ1n) is 9.48. The van der Waals surface area contributed by atoms with Crippen molar-refractivity contribution in [1.82, 2.24) is 15.0 Å². The van der Waals surface area contributed by atoms with Gasteiger partial charge >= 0.3 is 11.9 Å². The standard InChI is InChI=1S/C22H23N3O4/c1-3-21(26)28-13-7-4-8-14-29-22(27)17-12-11-16(2)15-20(17)25-23-18-9-5-6-10-19(18)24-25/h3,5-6,9-12,15H,1,4,7-8,13-14H2,2H3. The summed E-state index contributed by atoms with van der Waals surface area (Å²) in [6.07, 6.45) is 3.31. The fourth-order valence-corrected chi connectivity index (χ4v) is 2.80. The minimum absolute atomic E-state index is 0.288. The molecule has 0 atom stereocenters.